The predicted molar refractivity (Wildman–Crippen MR) is 120 cm³/mol. The molecule has 9 heteroatoms. The number of hydrogen-bond donors (Lipinski definition) is 4. The molecule has 0 radical (unpaired) electrons. The maximum atomic E-state index is 6.44. The van der Waals surface area contributed by atoms with Crippen LogP contribution in [0.4, 0.5) is 17.6 Å². The monoisotopic (exact) mass is 424 g/mol. The van der Waals surface area contributed by atoms with Crippen LogP contribution in [0.3, 0.4) is 0 Å². The van der Waals surface area contributed by atoms with E-state index < -0.39 is 0 Å². The summed E-state index contributed by atoms with van der Waals surface area (Å²) >= 11 is 6.44. The quantitative estimate of drug-likeness (QED) is 0.473. The molecule has 8 nitrogen and oxygen atoms in total. The van der Waals surface area contributed by atoms with Crippen molar-refractivity contribution in [3.05, 3.63) is 53.4 Å². The van der Waals surface area contributed by atoms with Crippen LogP contribution in [0, 0.1) is 0 Å². The lowest BCUT2D eigenvalue weighted by Crippen LogP contribution is -2.33. The number of nitrogen functional groups attached to an aromatic ring is 1. The molecule has 156 valence electrons. The second-order valence-electron chi connectivity index (χ2n) is 7.52. The van der Waals surface area contributed by atoms with E-state index in [2.05, 4.69) is 25.6 Å². The second kappa shape index (κ2) is 9.23. The normalized spacial score (nSPS) is 18.7. The van der Waals surface area contributed by atoms with Crippen LogP contribution >= 0.6 is 11.6 Å². The number of aromatic nitrogens is 4. The lowest BCUT2D eigenvalue weighted by Gasteiger charge is -2.27. The number of halogens is 1. The minimum Gasteiger partial charge on any atom is -0.368 e. The van der Waals surface area contributed by atoms with Crippen molar-refractivity contribution in [1.82, 2.24) is 19.9 Å². The Hall–Kier alpha value is -2.97. The van der Waals surface area contributed by atoms with E-state index >= 15 is 0 Å². The molecular weight excluding hydrogens is 400 g/mol. The van der Waals surface area contributed by atoms with E-state index in [-0.39, 0.29) is 5.95 Å². The molecule has 4 rings (SSSR count). The molecule has 0 saturated heterocycles. The summed E-state index contributed by atoms with van der Waals surface area (Å²) in [5.41, 5.74) is 14.1. The van der Waals surface area contributed by atoms with Crippen molar-refractivity contribution in [2.75, 3.05) is 16.4 Å². The SMILES string of the molecule is Nc1ncc(CNc2cccc(-c3cc(N[C@H]4CC[C@H](N)CC4)ncc3Cl)n2)cn1. The fourth-order valence-electron chi connectivity index (χ4n) is 3.52. The molecule has 3 aromatic heterocycles. The maximum absolute atomic E-state index is 6.44. The zero-order valence-electron chi connectivity index (χ0n) is 16.6. The minimum atomic E-state index is 0.256. The van der Waals surface area contributed by atoms with E-state index in [1.165, 1.54) is 0 Å². The summed E-state index contributed by atoms with van der Waals surface area (Å²) < 4.78 is 0. The number of pyridine rings is 2. The fourth-order valence-corrected chi connectivity index (χ4v) is 3.72. The lowest BCUT2D eigenvalue weighted by atomic mass is 9.92. The summed E-state index contributed by atoms with van der Waals surface area (Å²) in [6.07, 6.45) is 9.21. The van der Waals surface area contributed by atoms with Crippen LogP contribution in [-0.2, 0) is 6.54 Å². The van der Waals surface area contributed by atoms with E-state index in [1.807, 2.05) is 24.3 Å². The van der Waals surface area contributed by atoms with Crippen molar-refractivity contribution >= 4 is 29.2 Å². The Morgan fingerprint density at radius 2 is 1.77 bits per heavy atom. The topological polar surface area (TPSA) is 128 Å². The summed E-state index contributed by atoms with van der Waals surface area (Å²) in [6.45, 7) is 0.539. The van der Waals surface area contributed by atoms with Crippen molar-refractivity contribution < 1.29 is 0 Å². The van der Waals surface area contributed by atoms with Crippen molar-refractivity contribution in [3.63, 3.8) is 0 Å². The molecule has 0 amide bonds. The van der Waals surface area contributed by atoms with Gasteiger partial charge in [0.2, 0.25) is 5.95 Å². The number of anilines is 3. The van der Waals surface area contributed by atoms with E-state index in [1.54, 1.807) is 18.6 Å². The number of nitrogens with zero attached hydrogens (tertiary/aromatic N) is 4. The summed E-state index contributed by atoms with van der Waals surface area (Å²) in [7, 11) is 0. The van der Waals surface area contributed by atoms with Crippen LogP contribution in [0.1, 0.15) is 31.2 Å². The van der Waals surface area contributed by atoms with E-state index in [0.717, 1.165) is 54.1 Å². The zero-order chi connectivity index (χ0) is 20.9. The average Bonchev–Trinajstić information content (AvgIpc) is 2.76. The molecule has 1 aliphatic carbocycles. The molecule has 1 fully saturated rings. The molecule has 6 N–H and O–H groups in total. The van der Waals surface area contributed by atoms with Crippen molar-refractivity contribution in [2.24, 2.45) is 5.73 Å². The van der Waals surface area contributed by atoms with Gasteiger partial charge in [-0.05, 0) is 43.9 Å². The van der Waals surface area contributed by atoms with Crippen molar-refractivity contribution in [1.29, 1.82) is 0 Å². The molecule has 0 aromatic carbocycles. The van der Waals surface area contributed by atoms with Crippen LogP contribution < -0.4 is 22.1 Å². The molecule has 0 atom stereocenters. The lowest BCUT2D eigenvalue weighted by molar-refractivity contribution is 0.410. The Kier molecular flexibility index (Phi) is 6.25. The average molecular weight is 425 g/mol. The van der Waals surface area contributed by atoms with Gasteiger partial charge in [0.05, 0.1) is 10.7 Å². The van der Waals surface area contributed by atoms with Crippen LogP contribution in [-0.4, -0.2) is 32.0 Å². The van der Waals surface area contributed by atoms with Gasteiger partial charge in [0.1, 0.15) is 11.6 Å². The van der Waals surface area contributed by atoms with Gasteiger partial charge in [-0.3, -0.25) is 0 Å². The maximum Gasteiger partial charge on any atom is 0.219 e. The Balaban J connectivity index is 1.47. The molecule has 30 heavy (non-hydrogen) atoms. The molecule has 0 aliphatic heterocycles. The van der Waals surface area contributed by atoms with Gasteiger partial charge >= 0.3 is 0 Å². The smallest absolute Gasteiger partial charge is 0.219 e. The first-order valence-corrected chi connectivity index (χ1v) is 10.4. The van der Waals surface area contributed by atoms with Crippen LogP contribution in [0.5, 0.6) is 0 Å². The Morgan fingerprint density at radius 1 is 1.00 bits per heavy atom. The first-order valence-electron chi connectivity index (χ1n) is 10.0. The molecule has 0 bridgehead atoms. The second-order valence-corrected chi connectivity index (χ2v) is 7.92. The highest BCUT2D eigenvalue weighted by atomic mass is 35.5. The Bertz CT molecular complexity index is 987. The van der Waals surface area contributed by atoms with E-state index in [0.29, 0.717) is 23.7 Å². The molecular formula is C21H25ClN8. The fraction of sp³-hybridized carbons (Fsp3) is 0.333. The summed E-state index contributed by atoms with van der Waals surface area (Å²) in [6, 6.07) is 8.43. The number of nitrogens with two attached hydrogens (primary N) is 2. The highest BCUT2D eigenvalue weighted by molar-refractivity contribution is 6.33. The molecule has 1 saturated carbocycles. The first-order chi connectivity index (χ1) is 14.6. The summed E-state index contributed by atoms with van der Waals surface area (Å²) in [5.74, 6) is 1.79. The van der Waals surface area contributed by atoms with E-state index in [9.17, 15) is 0 Å². The standard InChI is InChI=1S/C21H25ClN8/c22-17-12-26-20(29-15-6-4-14(23)5-7-15)8-16(17)18-2-1-3-19(30-18)25-9-13-10-27-21(24)28-11-13/h1-3,8,10-12,14-15H,4-7,9,23H2,(H,25,30)(H,26,29)(H2,24,27,28)/t14-,15-. The van der Waals surface area contributed by atoms with Crippen molar-refractivity contribution in [3.8, 4) is 11.3 Å². The van der Waals surface area contributed by atoms with Gasteiger partial charge in [0.25, 0.3) is 0 Å². The van der Waals surface area contributed by atoms with Gasteiger partial charge in [-0.2, -0.15) is 0 Å². The van der Waals surface area contributed by atoms with Crippen molar-refractivity contribution in [2.45, 2.75) is 44.3 Å². The number of rotatable bonds is 6. The minimum absolute atomic E-state index is 0.256. The third-order valence-corrected chi connectivity index (χ3v) is 5.50. The van der Waals surface area contributed by atoms with Crippen LogP contribution in [0.15, 0.2) is 42.9 Å². The van der Waals surface area contributed by atoms with Gasteiger partial charge in [0.15, 0.2) is 0 Å². The van der Waals surface area contributed by atoms with Gasteiger partial charge < -0.3 is 22.1 Å². The van der Waals surface area contributed by atoms with Gasteiger partial charge in [-0.25, -0.2) is 19.9 Å². The van der Waals surface area contributed by atoms with E-state index in [4.69, 9.17) is 28.1 Å². The number of hydrogen-bond acceptors (Lipinski definition) is 8. The third-order valence-electron chi connectivity index (χ3n) is 5.20. The molecule has 0 unspecified atom stereocenters. The Morgan fingerprint density at radius 3 is 2.53 bits per heavy atom. The summed E-state index contributed by atoms with van der Waals surface area (Å²) in [4.78, 5) is 17.1. The highest BCUT2D eigenvalue weighted by Crippen LogP contribution is 2.30. The third kappa shape index (κ3) is 5.14. The summed E-state index contributed by atoms with van der Waals surface area (Å²) in [5, 5.41) is 7.35. The highest BCUT2D eigenvalue weighted by Gasteiger charge is 2.19. The predicted octanol–water partition coefficient (Wildman–Crippen LogP) is 3.46. The van der Waals surface area contributed by atoms with Gasteiger partial charge in [-0.1, -0.05) is 17.7 Å². The van der Waals surface area contributed by atoms with Gasteiger partial charge in [0, 0.05) is 48.3 Å². The first kappa shape index (κ1) is 20.3. The van der Waals surface area contributed by atoms with Gasteiger partial charge in [-0.15, -0.1) is 0 Å². The van der Waals surface area contributed by atoms with Crippen LogP contribution in [0.2, 0.25) is 5.02 Å². The molecule has 3 heterocycles. The zero-order valence-corrected chi connectivity index (χ0v) is 17.3. The number of nitrogens with one attached hydrogen (secondary N) is 2. The molecule has 1 aliphatic rings. The van der Waals surface area contributed by atoms with Crippen LogP contribution in [0.25, 0.3) is 11.3 Å². The Labute approximate surface area is 180 Å². The molecule has 0 spiro atoms. The molecule has 3 aromatic rings. The largest absolute Gasteiger partial charge is 0.368 e.